The van der Waals surface area contributed by atoms with Crippen molar-refractivity contribution in [1.29, 1.82) is 0 Å². The van der Waals surface area contributed by atoms with Gasteiger partial charge < -0.3 is 19.5 Å². The standard InChI is InChI=1S/C19H23N3O3/c1-15-4-2-5-16(14-15)21-9-11-22(12-10-21)18(23)7-8-20-19(24)17-6-3-13-25-17/h2-6,13-14H,7-12H2,1H3,(H,20,24). The first kappa shape index (κ1) is 17.1. The molecule has 2 amide bonds. The first-order chi connectivity index (χ1) is 12.1. The average Bonchev–Trinajstić information content (AvgIpc) is 3.16. The largest absolute Gasteiger partial charge is 0.459 e. The summed E-state index contributed by atoms with van der Waals surface area (Å²) in [5.74, 6) is 0.0462. The lowest BCUT2D eigenvalue weighted by Crippen LogP contribution is -2.49. The number of benzene rings is 1. The van der Waals surface area contributed by atoms with E-state index in [4.69, 9.17) is 4.42 Å². The zero-order valence-corrected chi connectivity index (χ0v) is 14.4. The predicted molar refractivity (Wildman–Crippen MR) is 95.6 cm³/mol. The van der Waals surface area contributed by atoms with E-state index in [2.05, 4.69) is 41.4 Å². The highest BCUT2D eigenvalue weighted by Gasteiger charge is 2.21. The normalized spacial score (nSPS) is 14.4. The van der Waals surface area contributed by atoms with Crippen LogP contribution in [0.5, 0.6) is 0 Å². The van der Waals surface area contributed by atoms with Crippen molar-refractivity contribution in [2.24, 2.45) is 0 Å². The van der Waals surface area contributed by atoms with Crippen LogP contribution in [0.15, 0.2) is 47.1 Å². The van der Waals surface area contributed by atoms with Gasteiger partial charge in [0.25, 0.3) is 5.91 Å². The lowest BCUT2D eigenvalue weighted by Gasteiger charge is -2.36. The molecule has 0 unspecified atom stereocenters. The molecular formula is C19H23N3O3. The maximum atomic E-state index is 12.3. The van der Waals surface area contributed by atoms with Crippen LogP contribution in [0.2, 0.25) is 0 Å². The first-order valence-electron chi connectivity index (χ1n) is 8.54. The number of anilines is 1. The monoisotopic (exact) mass is 341 g/mol. The molecule has 6 nitrogen and oxygen atoms in total. The predicted octanol–water partition coefficient (Wildman–Crippen LogP) is 2.06. The van der Waals surface area contributed by atoms with Crippen molar-refractivity contribution in [2.45, 2.75) is 13.3 Å². The van der Waals surface area contributed by atoms with Crippen LogP contribution in [0.3, 0.4) is 0 Å². The van der Waals surface area contributed by atoms with Gasteiger partial charge in [-0.05, 0) is 36.8 Å². The molecule has 132 valence electrons. The topological polar surface area (TPSA) is 65.8 Å². The molecule has 1 aliphatic rings. The first-order valence-corrected chi connectivity index (χ1v) is 8.54. The van der Waals surface area contributed by atoms with Gasteiger partial charge in [0.1, 0.15) is 0 Å². The number of carbonyl (C=O) groups is 2. The Labute approximate surface area is 147 Å². The minimum absolute atomic E-state index is 0.0728. The Morgan fingerprint density at radius 1 is 1.12 bits per heavy atom. The number of aryl methyl sites for hydroxylation is 1. The molecule has 0 atom stereocenters. The highest BCUT2D eigenvalue weighted by Crippen LogP contribution is 2.18. The minimum atomic E-state index is -0.290. The maximum Gasteiger partial charge on any atom is 0.286 e. The zero-order valence-electron chi connectivity index (χ0n) is 14.4. The van der Waals surface area contributed by atoms with Crippen LogP contribution in [0.25, 0.3) is 0 Å². The Morgan fingerprint density at radius 2 is 1.92 bits per heavy atom. The maximum absolute atomic E-state index is 12.3. The van der Waals surface area contributed by atoms with Gasteiger partial charge in [-0.3, -0.25) is 9.59 Å². The number of nitrogens with one attached hydrogen (secondary N) is 1. The molecule has 6 heteroatoms. The highest BCUT2D eigenvalue weighted by molar-refractivity contribution is 5.91. The second kappa shape index (κ2) is 7.88. The molecule has 0 spiro atoms. The summed E-state index contributed by atoms with van der Waals surface area (Å²) in [6.07, 6.45) is 1.75. The van der Waals surface area contributed by atoms with Crippen molar-refractivity contribution in [1.82, 2.24) is 10.2 Å². The average molecular weight is 341 g/mol. The fourth-order valence-corrected chi connectivity index (χ4v) is 2.97. The summed E-state index contributed by atoms with van der Waals surface area (Å²) in [5, 5.41) is 2.71. The Morgan fingerprint density at radius 3 is 2.60 bits per heavy atom. The Kier molecular flexibility index (Phi) is 5.38. The van der Waals surface area contributed by atoms with Gasteiger partial charge in [0.15, 0.2) is 5.76 Å². The number of rotatable bonds is 5. The van der Waals surface area contributed by atoms with Gasteiger partial charge in [-0.25, -0.2) is 0 Å². The molecule has 2 aromatic rings. The quantitative estimate of drug-likeness (QED) is 0.904. The van der Waals surface area contributed by atoms with E-state index in [0.29, 0.717) is 26.1 Å². The van der Waals surface area contributed by atoms with Crippen molar-refractivity contribution in [3.63, 3.8) is 0 Å². The summed E-state index contributed by atoms with van der Waals surface area (Å²) in [6, 6.07) is 11.7. The number of carbonyl (C=O) groups excluding carboxylic acids is 2. The third-order valence-corrected chi connectivity index (χ3v) is 4.37. The van der Waals surface area contributed by atoms with Crippen molar-refractivity contribution < 1.29 is 14.0 Å². The summed E-state index contributed by atoms with van der Waals surface area (Å²) >= 11 is 0. The molecule has 1 saturated heterocycles. The van der Waals surface area contributed by atoms with E-state index >= 15 is 0 Å². The molecule has 0 aliphatic carbocycles. The summed E-state index contributed by atoms with van der Waals surface area (Å²) in [5.41, 5.74) is 2.45. The third-order valence-electron chi connectivity index (χ3n) is 4.37. The van der Waals surface area contributed by atoms with E-state index in [-0.39, 0.29) is 17.6 Å². The van der Waals surface area contributed by atoms with Gasteiger partial charge in [0.05, 0.1) is 6.26 Å². The van der Waals surface area contributed by atoms with Crippen molar-refractivity contribution in [3.05, 3.63) is 54.0 Å². The Bertz CT molecular complexity index is 719. The number of hydrogen-bond donors (Lipinski definition) is 1. The molecule has 1 N–H and O–H groups in total. The summed E-state index contributed by atoms with van der Waals surface area (Å²) < 4.78 is 5.02. The number of nitrogens with zero attached hydrogens (tertiary/aromatic N) is 2. The van der Waals surface area contributed by atoms with E-state index in [9.17, 15) is 9.59 Å². The van der Waals surface area contributed by atoms with E-state index in [1.165, 1.54) is 17.5 Å². The van der Waals surface area contributed by atoms with E-state index in [1.54, 1.807) is 12.1 Å². The Balaban J connectivity index is 1.41. The van der Waals surface area contributed by atoms with Crippen LogP contribution >= 0.6 is 0 Å². The molecule has 2 heterocycles. The van der Waals surface area contributed by atoms with Gasteiger partial charge in [-0.2, -0.15) is 0 Å². The third kappa shape index (κ3) is 4.41. The zero-order chi connectivity index (χ0) is 17.6. The number of hydrogen-bond acceptors (Lipinski definition) is 4. The molecule has 0 saturated carbocycles. The molecule has 25 heavy (non-hydrogen) atoms. The van der Waals surface area contributed by atoms with Crippen LogP contribution in [0.1, 0.15) is 22.5 Å². The van der Waals surface area contributed by atoms with Crippen LogP contribution < -0.4 is 10.2 Å². The lowest BCUT2D eigenvalue weighted by atomic mass is 10.2. The molecule has 3 rings (SSSR count). The van der Waals surface area contributed by atoms with E-state index in [1.807, 2.05) is 4.90 Å². The Hall–Kier alpha value is -2.76. The second-order valence-electron chi connectivity index (χ2n) is 6.19. The molecule has 0 radical (unpaired) electrons. The molecule has 1 aromatic heterocycles. The van der Waals surface area contributed by atoms with Crippen LogP contribution in [0.4, 0.5) is 5.69 Å². The van der Waals surface area contributed by atoms with Gasteiger partial charge >= 0.3 is 0 Å². The lowest BCUT2D eigenvalue weighted by molar-refractivity contribution is -0.131. The molecule has 1 aliphatic heterocycles. The van der Waals surface area contributed by atoms with Gasteiger partial charge in [0, 0.05) is 44.8 Å². The van der Waals surface area contributed by atoms with E-state index < -0.39 is 0 Å². The van der Waals surface area contributed by atoms with Gasteiger partial charge in [-0.15, -0.1) is 0 Å². The van der Waals surface area contributed by atoms with Crippen molar-refractivity contribution in [2.75, 3.05) is 37.6 Å². The summed E-state index contributed by atoms with van der Waals surface area (Å²) in [7, 11) is 0. The van der Waals surface area contributed by atoms with Crippen LogP contribution in [-0.4, -0.2) is 49.4 Å². The molecule has 1 fully saturated rings. The van der Waals surface area contributed by atoms with Crippen molar-refractivity contribution in [3.8, 4) is 0 Å². The molecule has 0 bridgehead atoms. The smallest absolute Gasteiger partial charge is 0.286 e. The van der Waals surface area contributed by atoms with Gasteiger partial charge in [-0.1, -0.05) is 12.1 Å². The van der Waals surface area contributed by atoms with Gasteiger partial charge in [0.2, 0.25) is 5.91 Å². The summed E-state index contributed by atoms with van der Waals surface area (Å²) in [4.78, 5) is 28.2. The van der Waals surface area contributed by atoms with E-state index in [0.717, 1.165) is 13.1 Å². The van der Waals surface area contributed by atoms with Crippen LogP contribution in [-0.2, 0) is 4.79 Å². The highest BCUT2D eigenvalue weighted by atomic mass is 16.3. The van der Waals surface area contributed by atoms with Crippen molar-refractivity contribution >= 4 is 17.5 Å². The number of amides is 2. The number of furan rings is 1. The van der Waals surface area contributed by atoms with Crippen LogP contribution in [0, 0.1) is 6.92 Å². The summed E-state index contributed by atoms with van der Waals surface area (Å²) in [6.45, 7) is 5.47. The minimum Gasteiger partial charge on any atom is -0.459 e. The molecular weight excluding hydrogens is 318 g/mol. The SMILES string of the molecule is Cc1cccc(N2CCN(C(=O)CCNC(=O)c3ccco3)CC2)c1. The fraction of sp³-hybridized carbons (Fsp3) is 0.368. The second-order valence-corrected chi connectivity index (χ2v) is 6.19. The fourth-order valence-electron chi connectivity index (χ4n) is 2.97. The molecule has 1 aromatic carbocycles. The number of piperazine rings is 1.